The summed E-state index contributed by atoms with van der Waals surface area (Å²) in [5.74, 6) is -1.50. The van der Waals surface area contributed by atoms with Crippen LogP contribution in [0.15, 0.2) is 48.5 Å². The first-order valence-corrected chi connectivity index (χ1v) is 12.1. The van der Waals surface area contributed by atoms with Crippen molar-refractivity contribution in [1.82, 2.24) is 15.5 Å². The number of fused-ring (bicyclic) bond motifs is 1. The van der Waals surface area contributed by atoms with E-state index < -0.39 is 5.97 Å². The molecule has 34 heavy (non-hydrogen) atoms. The zero-order chi connectivity index (χ0) is 24.1. The molecule has 0 saturated carbocycles. The molecule has 3 N–H and O–H groups in total. The molecule has 2 heterocycles. The number of hydrogen-bond acceptors (Lipinski definition) is 4. The lowest BCUT2D eigenvalue weighted by atomic mass is 9.92. The van der Waals surface area contributed by atoms with Crippen LogP contribution in [0.1, 0.15) is 41.9 Å². The number of nitrogens with one attached hydrogen (secondary N) is 2. The molecule has 2 atom stereocenters. The molecule has 1 saturated heterocycles. The van der Waals surface area contributed by atoms with Crippen LogP contribution in [0.3, 0.4) is 0 Å². The molecule has 2 aliphatic rings. The summed E-state index contributed by atoms with van der Waals surface area (Å²) in [5.41, 5.74) is 3.32. The van der Waals surface area contributed by atoms with Crippen molar-refractivity contribution in [3.05, 3.63) is 70.2 Å². The topological polar surface area (TPSA) is 98.7 Å². The monoisotopic (exact) mass is 483 g/mol. The smallest absolute Gasteiger partial charge is 0.306 e. The summed E-state index contributed by atoms with van der Waals surface area (Å²) in [4.78, 5) is 38.9. The molecule has 7 nitrogen and oxygen atoms in total. The van der Waals surface area contributed by atoms with Gasteiger partial charge in [0.1, 0.15) is 0 Å². The van der Waals surface area contributed by atoms with E-state index in [-0.39, 0.29) is 36.1 Å². The van der Waals surface area contributed by atoms with Crippen LogP contribution in [0.5, 0.6) is 0 Å². The Morgan fingerprint density at radius 1 is 1.06 bits per heavy atom. The molecular weight excluding hydrogens is 454 g/mol. The van der Waals surface area contributed by atoms with E-state index in [4.69, 9.17) is 11.6 Å². The Bertz CT molecular complexity index is 1030. The molecule has 180 valence electrons. The average molecular weight is 484 g/mol. The molecule has 2 amide bonds. The second-order valence-electron chi connectivity index (χ2n) is 9.10. The van der Waals surface area contributed by atoms with Gasteiger partial charge in [0, 0.05) is 43.5 Å². The fourth-order valence-electron chi connectivity index (χ4n) is 4.75. The maximum absolute atomic E-state index is 13.0. The van der Waals surface area contributed by atoms with Crippen molar-refractivity contribution >= 4 is 29.4 Å². The van der Waals surface area contributed by atoms with Gasteiger partial charge in [0.25, 0.3) is 0 Å². The predicted molar refractivity (Wildman–Crippen MR) is 130 cm³/mol. The molecule has 0 aliphatic carbocycles. The second kappa shape index (κ2) is 11.0. The Balaban J connectivity index is 1.38. The molecule has 8 heteroatoms. The summed E-state index contributed by atoms with van der Waals surface area (Å²) in [6.45, 7) is 1.87. The van der Waals surface area contributed by atoms with Gasteiger partial charge in [-0.25, -0.2) is 0 Å². The number of hydrogen-bond donors (Lipinski definition) is 3. The third-order valence-electron chi connectivity index (χ3n) is 6.88. The van der Waals surface area contributed by atoms with Crippen LogP contribution < -0.4 is 10.6 Å². The first kappa shape index (κ1) is 24.2. The van der Waals surface area contributed by atoms with Crippen LogP contribution in [0.25, 0.3) is 0 Å². The zero-order valence-corrected chi connectivity index (χ0v) is 19.8. The Morgan fingerprint density at radius 3 is 2.41 bits per heavy atom. The largest absolute Gasteiger partial charge is 0.481 e. The molecule has 2 aromatic rings. The van der Waals surface area contributed by atoms with E-state index in [9.17, 15) is 19.5 Å². The molecule has 0 radical (unpaired) electrons. The minimum absolute atomic E-state index is 0.0252. The van der Waals surface area contributed by atoms with E-state index >= 15 is 0 Å². The second-order valence-corrected chi connectivity index (χ2v) is 9.53. The number of carbonyl (C=O) groups excluding carboxylic acids is 2. The Kier molecular flexibility index (Phi) is 7.85. The van der Waals surface area contributed by atoms with E-state index in [0.29, 0.717) is 50.5 Å². The van der Waals surface area contributed by atoms with E-state index in [1.807, 2.05) is 24.3 Å². The lowest BCUT2D eigenvalue weighted by molar-refractivity contribution is -0.145. The standard InChI is InChI=1S/C26H30ClN3O4/c27-22-7-5-17(6-8-22)21(14-24(31)30-11-9-18(10-12-30)26(33)34)16-29-25(32)23-13-19-3-1-2-4-20(19)15-28-23/h1-8,18,21,23,28H,9-16H2,(H,29,32)(H,33,34)/t21-,23-/m0/s1. The zero-order valence-electron chi connectivity index (χ0n) is 19.0. The number of rotatable bonds is 7. The van der Waals surface area contributed by atoms with Crippen LogP contribution in [0.2, 0.25) is 5.02 Å². The fraction of sp³-hybridized carbons (Fsp3) is 0.423. The third kappa shape index (κ3) is 5.96. The van der Waals surface area contributed by atoms with E-state index in [1.165, 1.54) is 11.1 Å². The number of carbonyl (C=O) groups is 3. The molecule has 0 aromatic heterocycles. The van der Waals surface area contributed by atoms with Crippen LogP contribution in [0.4, 0.5) is 0 Å². The third-order valence-corrected chi connectivity index (χ3v) is 7.13. The number of carboxylic acids is 1. The van der Waals surface area contributed by atoms with Gasteiger partial charge in [-0.1, -0.05) is 48.0 Å². The maximum Gasteiger partial charge on any atom is 0.306 e. The van der Waals surface area contributed by atoms with Crippen molar-refractivity contribution in [2.24, 2.45) is 5.92 Å². The highest BCUT2D eigenvalue weighted by molar-refractivity contribution is 6.30. The number of benzene rings is 2. The predicted octanol–water partition coefficient (Wildman–Crippen LogP) is 2.97. The van der Waals surface area contributed by atoms with Gasteiger partial charge in [-0.15, -0.1) is 0 Å². The minimum Gasteiger partial charge on any atom is -0.481 e. The van der Waals surface area contributed by atoms with Crippen molar-refractivity contribution in [2.75, 3.05) is 19.6 Å². The average Bonchev–Trinajstić information content (AvgIpc) is 2.86. The van der Waals surface area contributed by atoms with Crippen LogP contribution >= 0.6 is 11.6 Å². The van der Waals surface area contributed by atoms with E-state index in [1.54, 1.807) is 17.0 Å². The fourth-order valence-corrected chi connectivity index (χ4v) is 4.87. The van der Waals surface area contributed by atoms with Gasteiger partial charge in [0.2, 0.25) is 11.8 Å². The first-order chi connectivity index (χ1) is 16.4. The summed E-state index contributed by atoms with van der Waals surface area (Å²) in [7, 11) is 0. The molecule has 2 aliphatic heterocycles. The molecule has 0 bridgehead atoms. The van der Waals surface area contributed by atoms with Gasteiger partial charge in [-0.3, -0.25) is 14.4 Å². The highest BCUT2D eigenvalue weighted by Gasteiger charge is 2.29. The summed E-state index contributed by atoms with van der Waals surface area (Å²) in [6.07, 6.45) is 1.81. The molecular formula is C26H30ClN3O4. The highest BCUT2D eigenvalue weighted by atomic mass is 35.5. The van der Waals surface area contributed by atoms with Gasteiger partial charge in [-0.05, 0) is 48.1 Å². The van der Waals surface area contributed by atoms with Crippen molar-refractivity contribution in [3.63, 3.8) is 0 Å². The molecule has 1 fully saturated rings. The van der Waals surface area contributed by atoms with Crippen LogP contribution in [-0.2, 0) is 27.3 Å². The number of amides is 2. The summed E-state index contributed by atoms with van der Waals surface area (Å²) < 4.78 is 0. The minimum atomic E-state index is -0.798. The molecule has 0 spiro atoms. The van der Waals surface area contributed by atoms with Gasteiger partial charge < -0.3 is 20.6 Å². The number of halogens is 1. The normalized spacial score (nSPS) is 19.2. The maximum atomic E-state index is 13.0. The van der Waals surface area contributed by atoms with Crippen LogP contribution in [-0.4, -0.2) is 53.5 Å². The Labute approximate surface area is 204 Å². The summed E-state index contributed by atoms with van der Waals surface area (Å²) in [6, 6.07) is 15.1. The Morgan fingerprint density at radius 2 is 1.74 bits per heavy atom. The summed E-state index contributed by atoms with van der Waals surface area (Å²) in [5, 5.41) is 16.2. The number of nitrogens with zero attached hydrogens (tertiary/aromatic N) is 1. The lowest BCUT2D eigenvalue weighted by Gasteiger charge is -2.31. The van der Waals surface area contributed by atoms with Gasteiger partial charge in [0.05, 0.1) is 12.0 Å². The van der Waals surface area contributed by atoms with Crippen molar-refractivity contribution in [3.8, 4) is 0 Å². The highest BCUT2D eigenvalue weighted by Crippen LogP contribution is 2.25. The van der Waals surface area contributed by atoms with Crippen molar-refractivity contribution < 1.29 is 19.5 Å². The SMILES string of the molecule is O=C(O)C1CCN(C(=O)C[C@@H](CNC(=O)[C@@H]2Cc3ccccc3CN2)c2ccc(Cl)cc2)CC1. The Hall–Kier alpha value is -2.90. The van der Waals surface area contributed by atoms with Gasteiger partial charge in [-0.2, -0.15) is 0 Å². The first-order valence-electron chi connectivity index (χ1n) is 11.7. The summed E-state index contributed by atoms with van der Waals surface area (Å²) >= 11 is 6.05. The van der Waals surface area contributed by atoms with Gasteiger partial charge in [0.15, 0.2) is 0 Å². The van der Waals surface area contributed by atoms with Crippen LogP contribution in [0, 0.1) is 5.92 Å². The van der Waals surface area contributed by atoms with Crippen molar-refractivity contribution in [1.29, 1.82) is 0 Å². The van der Waals surface area contributed by atoms with Crippen molar-refractivity contribution in [2.45, 2.75) is 44.2 Å². The molecule has 0 unspecified atom stereocenters. The van der Waals surface area contributed by atoms with Gasteiger partial charge >= 0.3 is 5.97 Å². The number of piperidine rings is 1. The molecule has 4 rings (SSSR count). The number of aliphatic carboxylic acids is 1. The lowest BCUT2D eigenvalue weighted by Crippen LogP contribution is -2.48. The van der Waals surface area contributed by atoms with E-state index in [2.05, 4.69) is 22.8 Å². The number of carboxylic acid groups (broad SMARTS) is 1. The molecule has 2 aromatic carbocycles. The van der Waals surface area contributed by atoms with E-state index in [0.717, 1.165) is 5.56 Å². The number of likely N-dealkylation sites (tertiary alicyclic amines) is 1. The quantitative estimate of drug-likeness (QED) is 0.562.